The summed E-state index contributed by atoms with van der Waals surface area (Å²) in [6.07, 6.45) is -5.97. The van der Waals surface area contributed by atoms with E-state index in [0.29, 0.717) is 5.56 Å². The number of H-pyrrole nitrogens is 1. The maximum atomic E-state index is 13.1. The molecule has 1 aromatic heterocycles. The van der Waals surface area contributed by atoms with Gasteiger partial charge in [0, 0.05) is 5.69 Å². The van der Waals surface area contributed by atoms with Gasteiger partial charge in [-0.1, -0.05) is 30.3 Å². The number of benzene rings is 1. The van der Waals surface area contributed by atoms with Gasteiger partial charge in [0.2, 0.25) is 0 Å². The molecule has 0 bridgehead atoms. The predicted molar refractivity (Wildman–Crippen MR) is 73.5 cm³/mol. The second-order valence-corrected chi connectivity index (χ2v) is 4.28. The summed E-state index contributed by atoms with van der Waals surface area (Å²) in [7, 11) is 0.981. The highest BCUT2D eigenvalue weighted by Gasteiger charge is 2.36. The van der Waals surface area contributed by atoms with Crippen LogP contribution in [0.25, 0.3) is 11.3 Å². The molecule has 0 atom stereocenters. The van der Waals surface area contributed by atoms with Crippen molar-refractivity contribution in [1.29, 1.82) is 0 Å². The van der Waals surface area contributed by atoms with E-state index in [4.69, 9.17) is 0 Å². The second kappa shape index (κ2) is 5.92. The SMILES string of the molecule is COC(=O)Nc1c(C(F)(F)F)cc(-c2ccccc2)[nH]c1=O. The Balaban J connectivity index is 2.62. The van der Waals surface area contributed by atoms with Crippen LogP contribution in [0.5, 0.6) is 0 Å². The quantitative estimate of drug-likeness (QED) is 0.894. The fourth-order valence-electron chi connectivity index (χ4n) is 1.83. The number of nitrogens with one attached hydrogen (secondary N) is 2. The van der Waals surface area contributed by atoms with Crippen LogP contribution in [0, 0.1) is 0 Å². The molecule has 0 aliphatic rings. The summed E-state index contributed by atoms with van der Waals surface area (Å²) in [5.41, 5.74) is -2.82. The van der Waals surface area contributed by atoms with E-state index in [2.05, 4.69) is 9.72 Å². The second-order valence-electron chi connectivity index (χ2n) is 4.28. The number of hydrogen-bond acceptors (Lipinski definition) is 3. The number of methoxy groups -OCH3 is 1. The summed E-state index contributed by atoms with van der Waals surface area (Å²) >= 11 is 0. The number of ether oxygens (including phenoxy) is 1. The fraction of sp³-hybridized carbons (Fsp3) is 0.143. The van der Waals surface area contributed by atoms with E-state index >= 15 is 0 Å². The molecule has 0 unspecified atom stereocenters. The van der Waals surface area contributed by atoms with Gasteiger partial charge < -0.3 is 9.72 Å². The number of carbonyl (C=O) groups excluding carboxylic acids is 1. The molecule has 2 rings (SSSR count). The highest BCUT2D eigenvalue weighted by atomic mass is 19.4. The Bertz CT molecular complexity index is 739. The third-order valence-corrected chi connectivity index (χ3v) is 2.84. The summed E-state index contributed by atoms with van der Waals surface area (Å²) < 4.78 is 43.6. The van der Waals surface area contributed by atoms with E-state index in [1.807, 2.05) is 0 Å². The number of halogens is 3. The molecule has 0 fully saturated rings. The lowest BCUT2D eigenvalue weighted by atomic mass is 10.1. The lowest BCUT2D eigenvalue weighted by Gasteiger charge is -2.14. The first-order valence-corrected chi connectivity index (χ1v) is 6.08. The van der Waals surface area contributed by atoms with Crippen molar-refractivity contribution >= 4 is 11.8 Å². The molecule has 2 aromatic rings. The first-order valence-electron chi connectivity index (χ1n) is 6.08. The van der Waals surface area contributed by atoms with Gasteiger partial charge in [-0.3, -0.25) is 10.1 Å². The minimum absolute atomic E-state index is 0.00617. The van der Waals surface area contributed by atoms with Gasteiger partial charge in [-0.2, -0.15) is 13.2 Å². The molecule has 0 spiro atoms. The number of anilines is 1. The topological polar surface area (TPSA) is 71.2 Å². The van der Waals surface area contributed by atoms with E-state index in [9.17, 15) is 22.8 Å². The number of pyridine rings is 1. The molecular weight excluding hydrogens is 301 g/mol. The van der Waals surface area contributed by atoms with Crippen LogP contribution >= 0.6 is 0 Å². The molecule has 8 heteroatoms. The molecule has 1 amide bonds. The summed E-state index contributed by atoms with van der Waals surface area (Å²) in [5, 5.41) is 1.79. The summed E-state index contributed by atoms with van der Waals surface area (Å²) in [5.74, 6) is 0. The van der Waals surface area contributed by atoms with Crippen molar-refractivity contribution in [2.24, 2.45) is 0 Å². The molecule has 1 heterocycles. The number of aromatic amines is 1. The molecule has 22 heavy (non-hydrogen) atoms. The minimum atomic E-state index is -4.81. The Kier molecular flexibility index (Phi) is 4.20. The van der Waals surface area contributed by atoms with Gasteiger partial charge in [-0.05, 0) is 11.6 Å². The Hall–Kier alpha value is -2.77. The standard InChI is InChI=1S/C14H11F3N2O3/c1-22-13(21)19-11-9(14(15,16)17)7-10(18-12(11)20)8-5-3-2-4-6-8/h2-7H,1H3,(H,18,20)(H,19,21). The zero-order valence-electron chi connectivity index (χ0n) is 11.3. The number of alkyl halides is 3. The van der Waals surface area contributed by atoms with Crippen molar-refractivity contribution in [3.63, 3.8) is 0 Å². The predicted octanol–water partition coefficient (Wildman–Crippen LogP) is 3.24. The van der Waals surface area contributed by atoms with Crippen LogP contribution in [0.2, 0.25) is 0 Å². The zero-order valence-corrected chi connectivity index (χ0v) is 11.3. The van der Waals surface area contributed by atoms with E-state index in [1.54, 1.807) is 35.6 Å². The average molecular weight is 312 g/mol. The monoisotopic (exact) mass is 312 g/mol. The lowest BCUT2D eigenvalue weighted by Crippen LogP contribution is -2.25. The van der Waals surface area contributed by atoms with Crippen LogP contribution in [0.1, 0.15) is 5.56 Å². The molecule has 1 aromatic carbocycles. The Morgan fingerprint density at radius 1 is 1.23 bits per heavy atom. The highest BCUT2D eigenvalue weighted by molar-refractivity contribution is 5.86. The highest BCUT2D eigenvalue weighted by Crippen LogP contribution is 2.35. The molecule has 0 radical (unpaired) electrons. The van der Waals surface area contributed by atoms with Crippen molar-refractivity contribution in [2.45, 2.75) is 6.18 Å². The molecule has 2 N–H and O–H groups in total. The van der Waals surface area contributed by atoms with Crippen molar-refractivity contribution in [3.8, 4) is 11.3 Å². The molecule has 116 valence electrons. The van der Waals surface area contributed by atoms with Gasteiger partial charge in [-0.25, -0.2) is 4.79 Å². The number of hydrogen-bond donors (Lipinski definition) is 2. The average Bonchev–Trinajstić information content (AvgIpc) is 2.48. The minimum Gasteiger partial charge on any atom is -0.453 e. The molecule has 0 aliphatic heterocycles. The van der Waals surface area contributed by atoms with Gasteiger partial charge in [0.15, 0.2) is 0 Å². The smallest absolute Gasteiger partial charge is 0.418 e. The number of carbonyl (C=O) groups is 1. The molecular formula is C14H11F3N2O3. The lowest BCUT2D eigenvalue weighted by molar-refractivity contribution is -0.137. The number of aromatic nitrogens is 1. The van der Waals surface area contributed by atoms with Gasteiger partial charge in [0.1, 0.15) is 5.69 Å². The first-order chi connectivity index (χ1) is 10.3. The number of amides is 1. The molecule has 0 saturated carbocycles. The maximum Gasteiger partial charge on any atom is 0.418 e. The Morgan fingerprint density at radius 3 is 2.41 bits per heavy atom. The summed E-state index contributed by atoms with van der Waals surface area (Å²) in [4.78, 5) is 25.3. The third kappa shape index (κ3) is 3.27. The van der Waals surface area contributed by atoms with Crippen LogP contribution in [0.15, 0.2) is 41.2 Å². The van der Waals surface area contributed by atoms with Gasteiger partial charge >= 0.3 is 12.3 Å². The normalized spacial score (nSPS) is 11.1. The summed E-state index contributed by atoms with van der Waals surface area (Å²) in [6.45, 7) is 0. The van der Waals surface area contributed by atoms with Gasteiger partial charge in [0.05, 0.1) is 12.7 Å². The van der Waals surface area contributed by atoms with Crippen LogP contribution in [0.3, 0.4) is 0 Å². The Labute approximate surface area is 122 Å². The third-order valence-electron chi connectivity index (χ3n) is 2.84. The fourth-order valence-corrected chi connectivity index (χ4v) is 1.83. The van der Waals surface area contributed by atoms with Gasteiger partial charge in [-0.15, -0.1) is 0 Å². The van der Waals surface area contributed by atoms with Crippen molar-refractivity contribution in [3.05, 3.63) is 52.3 Å². The first kappa shape index (κ1) is 15.6. The van der Waals surface area contributed by atoms with Crippen LogP contribution in [-0.4, -0.2) is 18.2 Å². The maximum absolute atomic E-state index is 13.1. The van der Waals surface area contributed by atoms with Crippen LogP contribution < -0.4 is 10.9 Å². The van der Waals surface area contributed by atoms with E-state index in [-0.39, 0.29) is 5.69 Å². The van der Waals surface area contributed by atoms with Crippen LogP contribution in [0.4, 0.5) is 23.7 Å². The van der Waals surface area contributed by atoms with E-state index < -0.39 is 29.1 Å². The largest absolute Gasteiger partial charge is 0.453 e. The molecule has 0 aliphatic carbocycles. The van der Waals surface area contributed by atoms with Crippen molar-refractivity contribution in [2.75, 3.05) is 12.4 Å². The van der Waals surface area contributed by atoms with Crippen LogP contribution in [-0.2, 0) is 10.9 Å². The van der Waals surface area contributed by atoms with Crippen molar-refractivity contribution in [1.82, 2.24) is 4.98 Å². The van der Waals surface area contributed by atoms with Gasteiger partial charge in [0.25, 0.3) is 5.56 Å². The number of rotatable bonds is 2. The Morgan fingerprint density at radius 2 is 1.86 bits per heavy atom. The summed E-state index contributed by atoms with van der Waals surface area (Å²) in [6, 6.07) is 8.82. The zero-order chi connectivity index (χ0) is 16.3. The van der Waals surface area contributed by atoms with E-state index in [0.717, 1.165) is 13.2 Å². The van der Waals surface area contributed by atoms with E-state index in [1.165, 1.54) is 0 Å². The van der Waals surface area contributed by atoms with Crippen molar-refractivity contribution < 1.29 is 22.7 Å². The molecule has 0 saturated heterocycles. The molecule has 5 nitrogen and oxygen atoms in total.